The zero-order chi connectivity index (χ0) is 17.6. The molecule has 0 atom stereocenters. The van der Waals surface area contributed by atoms with Crippen LogP contribution < -0.4 is 11.3 Å². The molecule has 2 aromatic rings. The molecule has 23 heavy (non-hydrogen) atoms. The van der Waals surface area contributed by atoms with Crippen molar-refractivity contribution >= 4 is 5.91 Å². The lowest BCUT2D eigenvalue weighted by Gasteiger charge is -2.20. The largest absolute Gasteiger partial charge is 0.290 e. The van der Waals surface area contributed by atoms with E-state index >= 15 is 0 Å². The van der Waals surface area contributed by atoms with Gasteiger partial charge in [-0.2, -0.15) is 10.2 Å². The highest BCUT2D eigenvalue weighted by Gasteiger charge is 2.17. The maximum Gasteiger partial charge on any atom is 0.268 e. The summed E-state index contributed by atoms with van der Waals surface area (Å²) in [6, 6.07) is 7.74. The van der Waals surface area contributed by atoms with Crippen LogP contribution in [0, 0.1) is 19.7 Å². The lowest BCUT2D eigenvalue weighted by atomic mass is 9.86. The van der Waals surface area contributed by atoms with Crippen LogP contribution in [0.4, 0.5) is 4.39 Å². The van der Waals surface area contributed by atoms with Crippen molar-refractivity contribution in [2.75, 3.05) is 0 Å². The van der Waals surface area contributed by atoms with Gasteiger partial charge in [0.25, 0.3) is 5.91 Å². The van der Waals surface area contributed by atoms with Gasteiger partial charge in [-0.05, 0) is 43.0 Å². The van der Waals surface area contributed by atoms with Crippen LogP contribution in [0.1, 0.15) is 48.1 Å². The van der Waals surface area contributed by atoms with E-state index in [9.17, 15) is 9.18 Å². The summed E-state index contributed by atoms with van der Waals surface area (Å²) in [6.45, 7) is 10.6. The maximum absolute atomic E-state index is 12.7. The van der Waals surface area contributed by atoms with Crippen LogP contribution in [0.15, 0.2) is 30.3 Å². The molecule has 1 aromatic heterocycles. The lowest BCUT2D eigenvalue weighted by molar-refractivity contribution is 0.0949. The van der Waals surface area contributed by atoms with Crippen molar-refractivity contribution in [1.29, 1.82) is 0 Å². The first-order valence-electron chi connectivity index (χ1n) is 7.23. The van der Waals surface area contributed by atoms with Gasteiger partial charge in [-0.3, -0.25) is 10.2 Å². The number of benzene rings is 1. The van der Waals surface area contributed by atoms with Crippen LogP contribution in [-0.2, 0) is 5.41 Å². The van der Waals surface area contributed by atoms with Crippen molar-refractivity contribution in [2.45, 2.75) is 40.0 Å². The number of nitrogens with zero attached hydrogens (tertiary/aromatic N) is 2. The molecule has 0 aliphatic rings. The first-order chi connectivity index (χ1) is 10.7. The average Bonchev–Trinajstić information content (AvgIpc) is 2.49. The number of hydrogen-bond donors (Lipinski definition) is 2. The summed E-state index contributed by atoms with van der Waals surface area (Å²) in [5, 5.41) is 8.10. The Labute approximate surface area is 136 Å². The van der Waals surface area contributed by atoms with E-state index in [0.717, 1.165) is 11.4 Å². The van der Waals surface area contributed by atoms with Gasteiger partial charge in [0.15, 0.2) is 0 Å². The Bertz CT molecular complexity index is 681. The highest BCUT2D eigenvalue weighted by molar-refractivity contribution is 5.93. The molecule has 6 heteroatoms. The Morgan fingerprint density at radius 2 is 1.78 bits per heavy atom. The van der Waals surface area contributed by atoms with Gasteiger partial charge in [-0.15, -0.1) is 0 Å². The number of halogens is 1. The van der Waals surface area contributed by atoms with Gasteiger partial charge in [0, 0.05) is 0 Å². The van der Waals surface area contributed by atoms with Crippen molar-refractivity contribution < 1.29 is 9.18 Å². The number of hydrogen-bond acceptors (Lipinski definition) is 4. The predicted octanol–water partition coefficient (Wildman–Crippen LogP) is 2.82. The Kier molecular flexibility index (Phi) is 6.33. The number of carbonyl (C=O) groups is 1. The molecule has 0 aliphatic heterocycles. The Morgan fingerprint density at radius 3 is 2.26 bits per heavy atom. The maximum atomic E-state index is 12.7. The summed E-state index contributed by atoms with van der Waals surface area (Å²) in [6.07, 6.45) is 0. The quantitative estimate of drug-likeness (QED) is 0.481. The zero-order valence-electron chi connectivity index (χ0n) is 14.1. The van der Waals surface area contributed by atoms with E-state index < -0.39 is 11.7 Å². The fourth-order valence-corrected chi connectivity index (χ4v) is 2.03. The molecule has 124 valence electrons. The standard InChI is InChI=1S/C10H16N2.C7H7FN2O/c1-7-6-9(10(3,4)5)8(2)12-11-7;8-6-4-2-1-3-5(6)7(11)10-9/h6H,1-5H3;1-4H,9H2,(H,10,11). The van der Waals surface area contributed by atoms with Crippen LogP contribution in [-0.4, -0.2) is 16.1 Å². The molecule has 0 fully saturated rings. The normalized spacial score (nSPS) is 10.6. The fraction of sp³-hybridized carbons (Fsp3) is 0.353. The number of nitrogens with two attached hydrogens (primary N) is 1. The molecule has 5 nitrogen and oxygen atoms in total. The molecule has 2 rings (SSSR count). The average molecular weight is 318 g/mol. The summed E-state index contributed by atoms with van der Waals surface area (Å²) >= 11 is 0. The molecular formula is C17H23FN4O. The minimum absolute atomic E-state index is 0.0463. The van der Waals surface area contributed by atoms with Gasteiger partial charge < -0.3 is 0 Å². The molecule has 3 N–H and O–H groups in total. The molecule has 1 aromatic carbocycles. The smallest absolute Gasteiger partial charge is 0.268 e. The third-order valence-corrected chi connectivity index (χ3v) is 3.16. The first kappa shape index (κ1) is 18.7. The van der Waals surface area contributed by atoms with Crippen molar-refractivity contribution in [3.05, 3.63) is 58.7 Å². The molecular weight excluding hydrogens is 295 g/mol. The minimum Gasteiger partial charge on any atom is -0.290 e. The third kappa shape index (κ3) is 5.41. The fourth-order valence-electron chi connectivity index (χ4n) is 2.03. The van der Waals surface area contributed by atoms with E-state index in [1.807, 2.05) is 19.3 Å². The second-order valence-electron chi connectivity index (χ2n) is 6.19. The van der Waals surface area contributed by atoms with Crippen molar-refractivity contribution in [3.8, 4) is 0 Å². The Morgan fingerprint density at radius 1 is 1.17 bits per heavy atom. The van der Waals surface area contributed by atoms with Gasteiger partial charge in [0.2, 0.25) is 0 Å². The molecule has 1 amide bonds. The molecule has 0 spiro atoms. The number of carbonyl (C=O) groups excluding carboxylic acids is 1. The van der Waals surface area contributed by atoms with E-state index in [2.05, 4.69) is 37.0 Å². The topological polar surface area (TPSA) is 80.9 Å². The van der Waals surface area contributed by atoms with Crippen molar-refractivity contribution in [3.63, 3.8) is 0 Å². The van der Waals surface area contributed by atoms with E-state index in [4.69, 9.17) is 5.84 Å². The first-order valence-corrected chi connectivity index (χ1v) is 7.23. The molecule has 0 saturated carbocycles. The van der Waals surface area contributed by atoms with Crippen LogP contribution in [0.25, 0.3) is 0 Å². The molecule has 1 heterocycles. The lowest BCUT2D eigenvalue weighted by Crippen LogP contribution is -2.30. The number of nitrogen functional groups attached to an aromatic ring is 1. The van der Waals surface area contributed by atoms with Gasteiger partial charge in [0.05, 0.1) is 17.0 Å². The number of aromatic nitrogens is 2. The van der Waals surface area contributed by atoms with Crippen LogP contribution >= 0.6 is 0 Å². The number of hydrazine groups is 1. The second kappa shape index (κ2) is 7.78. The zero-order valence-corrected chi connectivity index (χ0v) is 14.1. The Balaban J connectivity index is 0.000000231. The molecule has 0 unspecified atom stereocenters. The summed E-state index contributed by atoms with van der Waals surface area (Å²) in [4.78, 5) is 10.8. The highest BCUT2D eigenvalue weighted by atomic mass is 19.1. The van der Waals surface area contributed by atoms with Gasteiger partial charge in [0.1, 0.15) is 5.82 Å². The summed E-state index contributed by atoms with van der Waals surface area (Å²) in [5.41, 5.74) is 5.28. The van der Waals surface area contributed by atoms with E-state index in [1.54, 1.807) is 6.07 Å². The molecule has 0 bridgehead atoms. The predicted molar refractivity (Wildman–Crippen MR) is 88.3 cm³/mol. The summed E-state index contributed by atoms with van der Waals surface area (Å²) < 4.78 is 12.7. The second-order valence-corrected chi connectivity index (χ2v) is 6.19. The number of rotatable bonds is 1. The number of nitrogens with one attached hydrogen (secondary N) is 1. The highest BCUT2D eigenvalue weighted by Crippen LogP contribution is 2.23. The van der Waals surface area contributed by atoms with Crippen LogP contribution in [0.3, 0.4) is 0 Å². The monoisotopic (exact) mass is 318 g/mol. The van der Waals surface area contributed by atoms with Gasteiger partial charge in [-0.25, -0.2) is 10.2 Å². The van der Waals surface area contributed by atoms with Gasteiger partial charge >= 0.3 is 0 Å². The van der Waals surface area contributed by atoms with E-state index in [1.165, 1.54) is 23.8 Å². The van der Waals surface area contributed by atoms with E-state index in [-0.39, 0.29) is 11.0 Å². The number of aryl methyl sites for hydroxylation is 2. The van der Waals surface area contributed by atoms with E-state index in [0.29, 0.717) is 0 Å². The SMILES string of the molecule is Cc1cc(C(C)(C)C)c(C)nn1.NNC(=O)c1ccccc1F. The van der Waals surface area contributed by atoms with Crippen LogP contribution in [0.5, 0.6) is 0 Å². The van der Waals surface area contributed by atoms with Crippen LogP contribution in [0.2, 0.25) is 0 Å². The molecule has 0 saturated heterocycles. The molecule has 0 radical (unpaired) electrons. The summed E-state index contributed by atoms with van der Waals surface area (Å²) in [5.74, 6) is 3.61. The Hall–Kier alpha value is -2.34. The third-order valence-electron chi connectivity index (χ3n) is 3.16. The molecule has 0 aliphatic carbocycles. The van der Waals surface area contributed by atoms with Gasteiger partial charge in [-0.1, -0.05) is 32.9 Å². The van der Waals surface area contributed by atoms with Crippen molar-refractivity contribution in [1.82, 2.24) is 15.6 Å². The summed E-state index contributed by atoms with van der Waals surface area (Å²) in [7, 11) is 0. The minimum atomic E-state index is -0.622. The number of amides is 1. The van der Waals surface area contributed by atoms with Crippen molar-refractivity contribution in [2.24, 2.45) is 5.84 Å².